The van der Waals surface area contributed by atoms with E-state index in [0.717, 1.165) is 27.8 Å². The van der Waals surface area contributed by atoms with Gasteiger partial charge in [-0.2, -0.15) is 0 Å². The third kappa shape index (κ3) is 5.91. The molecule has 1 aliphatic rings. The summed E-state index contributed by atoms with van der Waals surface area (Å²) >= 11 is 0.800. The molecule has 0 atom stereocenters. The van der Waals surface area contributed by atoms with E-state index in [-0.39, 0.29) is 11.4 Å². The number of nitrogens with one attached hydrogen (secondary N) is 1. The molecular weight excluding hydrogens is 464 g/mol. The molecule has 0 unspecified atom stereocenters. The van der Waals surface area contributed by atoms with Crippen molar-refractivity contribution in [3.05, 3.63) is 94.4 Å². The summed E-state index contributed by atoms with van der Waals surface area (Å²) in [5.41, 5.74) is 3.23. The normalized spacial score (nSPS) is 14.3. The number of imide groups is 1. The summed E-state index contributed by atoms with van der Waals surface area (Å²) in [7, 11) is 1.54. The molecule has 1 aliphatic heterocycles. The summed E-state index contributed by atoms with van der Waals surface area (Å²) in [6.07, 6.45) is 1.60. The van der Waals surface area contributed by atoms with E-state index in [9.17, 15) is 14.4 Å². The fourth-order valence-electron chi connectivity index (χ4n) is 3.46. The molecule has 7 nitrogen and oxygen atoms in total. The largest absolute Gasteiger partial charge is 0.493 e. The van der Waals surface area contributed by atoms with Crippen LogP contribution in [0.1, 0.15) is 16.7 Å². The van der Waals surface area contributed by atoms with Crippen LogP contribution in [0.15, 0.2) is 77.7 Å². The lowest BCUT2D eigenvalue weighted by molar-refractivity contribution is -0.127. The van der Waals surface area contributed by atoms with E-state index in [4.69, 9.17) is 9.47 Å². The summed E-state index contributed by atoms with van der Waals surface area (Å²) < 4.78 is 11.3. The molecule has 1 N–H and O–H groups in total. The molecule has 1 fully saturated rings. The second-order valence-corrected chi connectivity index (χ2v) is 8.81. The molecule has 0 bridgehead atoms. The SMILES string of the molecule is COc1cc(/C=C2/SC(=O)N(CC(=O)Nc3ccccc3C)C2=O)ccc1OCc1ccccc1. The molecule has 3 aromatic carbocycles. The van der Waals surface area contributed by atoms with Crippen LogP contribution in [0.25, 0.3) is 6.08 Å². The molecular formula is C27H24N2O5S. The number of rotatable bonds is 8. The van der Waals surface area contributed by atoms with Gasteiger partial charge in [0.15, 0.2) is 11.5 Å². The first-order valence-corrected chi connectivity index (χ1v) is 11.7. The van der Waals surface area contributed by atoms with Crippen molar-refractivity contribution in [2.75, 3.05) is 19.0 Å². The van der Waals surface area contributed by atoms with Crippen LogP contribution < -0.4 is 14.8 Å². The van der Waals surface area contributed by atoms with Gasteiger partial charge in [-0.1, -0.05) is 54.6 Å². The number of ether oxygens (including phenoxy) is 2. The first-order chi connectivity index (χ1) is 16.9. The van der Waals surface area contributed by atoms with Crippen LogP contribution in [-0.4, -0.2) is 35.6 Å². The van der Waals surface area contributed by atoms with E-state index in [1.165, 1.54) is 7.11 Å². The van der Waals surface area contributed by atoms with Crippen LogP contribution in [0, 0.1) is 6.92 Å². The Bertz CT molecular complexity index is 1290. The average molecular weight is 489 g/mol. The molecule has 3 amide bonds. The average Bonchev–Trinajstić information content (AvgIpc) is 3.12. The molecule has 3 aromatic rings. The molecule has 4 rings (SSSR count). The predicted molar refractivity (Wildman–Crippen MR) is 136 cm³/mol. The van der Waals surface area contributed by atoms with Gasteiger partial charge in [-0.05, 0) is 59.7 Å². The molecule has 1 heterocycles. The number of nitrogens with zero attached hydrogens (tertiary/aromatic N) is 1. The number of carbonyl (C=O) groups is 3. The highest BCUT2D eigenvalue weighted by molar-refractivity contribution is 8.18. The van der Waals surface area contributed by atoms with Crippen LogP contribution in [0.4, 0.5) is 10.5 Å². The van der Waals surface area contributed by atoms with E-state index in [1.807, 2.05) is 49.4 Å². The lowest BCUT2D eigenvalue weighted by Gasteiger charge is -2.13. The Hall–Kier alpha value is -4.04. The molecule has 8 heteroatoms. The summed E-state index contributed by atoms with van der Waals surface area (Å²) in [5.74, 6) is 0.119. The number of hydrogen-bond donors (Lipinski definition) is 1. The minimum Gasteiger partial charge on any atom is -0.493 e. The van der Waals surface area contributed by atoms with E-state index >= 15 is 0 Å². The number of para-hydroxylation sites is 1. The maximum atomic E-state index is 12.8. The molecule has 0 spiro atoms. The van der Waals surface area contributed by atoms with Crippen molar-refractivity contribution in [2.24, 2.45) is 0 Å². The fourth-order valence-corrected chi connectivity index (χ4v) is 4.30. The number of aryl methyl sites for hydroxylation is 1. The summed E-state index contributed by atoms with van der Waals surface area (Å²) in [4.78, 5) is 38.9. The van der Waals surface area contributed by atoms with Gasteiger partial charge in [-0.15, -0.1) is 0 Å². The summed E-state index contributed by atoms with van der Waals surface area (Å²) in [6.45, 7) is 1.90. The zero-order chi connectivity index (χ0) is 24.8. The Morgan fingerprint density at radius 3 is 2.49 bits per heavy atom. The van der Waals surface area contributed by atoms with Crippen molar-refractivity contribution < 1.29 is 23.9 Å². The number of benzene rings is 3. The lowest BCUT2D eigenvalue weighted by atomic mass is 10.1. The monoisotopic (exact) mass is 488 g/mol. The first-order valence-electron chi connectivity index (χ1n) is 10.9. The van der Waals surface area contributed by atoms with E-state index in [2.05, 4.69) is 5.32 Å². The summed E-state index contributed by atoms with van der Waals surface area (Å²) in [6, 6.07) is 22.3. The van der Waals surface area contributed by atoms with Gasteiger partial charge < -0.3 is 14.8 Å². The number of hydrogen-bond acceptors (Lipinski definition) is 6. The fraction of sp³-hybridized carbons (Fsp3) is 0.148. The third-order valence-corrected chi connectivity index (χ3v) is 6.22. The van der Waals surface area contributed by atoms with Crippen LogP contribution in [-0.2, 0) is 16.2 Å². The zero-order valence-electron chi connectivity index (χ0n) is 19.3. The van der Waals surface area contributed by atoms with Gasteiger partial charge in [0.2, 0.25) is 5.91 Å². The Kier molecular flexibility index (Phi) is 7.52. The minimum absolute atomic E-state index is 0.235. The highest BCUT2D eigenvalue weighted by Crippen LogP contribution is 2.34. The quantitative estimate of drug-likeness (QED) is 0.436. The van der Waals surface area contributed by atoms with Crippen LogP contribution in [0.5, 0.6) is 11.5 Å². The van der Waals surface area contributed by atoms with Gasteiger partial charge in [0.25, 0.3) is 11.1 Å². The highest BCUT2D eigenvalue weighted by atomic mass is 32.2. The lowest BCUT2D eigenvalue weighted by Crippen LogP contribution is -2.36. The topological polar surface area (TPSA) is 84.9 Å². The Morgan fingerprint density at radius 1 is 1.00 bits per heavy atom. The summed E-state index contributed by atoms with van der Waals surface area (Å²) in [5, 5.41) is 2.25. The maximum Gasteiger partial charge on any atom is 0.294 e. The van der Waals surface area contributed by atoms with Gasteiger partial charge in [-0.25, -0.2) is 0 Å². The zero-order valence-corrected chi connectivity index (χ0v) is 20.1. The van der Waals surface area contributed by atoms with Crippen molar-refractivity contribution in [3.8, 4) is 11.5 Å². The van der Waals surface area contributed by atoms with Gasteiger partial charge in [0.05, 0.1) is 12.0 Å². The van der Waals surface area contributed by atoms with Gasteiger partial charge in [-0.3, -0.25) is 19.3 Å². The Morgan fingerprint density at radius 2 is 1.74 bits per heavy atom. The molecule has 178 valence electrons. The molecule has 0 aliphatic carbocycles. The second-order valence-electron chi connectivity index (χ2n) is 7.82. The van der Waals surface area contributed by atoms with Gasteiger partial charge in [0, 0.05) is 5.69 Å². The third-order valence-electron chi connectivity index (χ3n) is 5.32. The molecule has 35 heavy (non-hydrogen) atoms. The Labute approximate surface area is 207 Å². The van der Waals surface area contributed by atoms with Crippen molar-refractivity contribution >= 4 is 40.6 Å². The predicted octanol–water partition coefficient (Wildman–Crippen LogP) is 5.26. The van der Waals surface area contributed by atoms with Crippen LogP contribution >= 0.6 is 11.8 Å². The van der Waals surface area contributed by atoms with Gasteiger partial charge in [0.1, 0.15) is 13.2 Å². The first kappa shape index (κ1) is 24.1. The highest BCUT2D eigenvalue weighted by Gasteiger charge is 2.36. The van der Waals surface area contributed by atoms with Crippen molar-refractivity contribution in [1.29, 1.82) is 0 Å². The van der Waals surface area contributed by atoms with E-state index in [0.29, 0.717) is 29.4 Å². The molecule has 0 saturated carbocycles. The number of amides is 3. The number of anilines is 1. The van der Waals surface area contributed by atoms with Crippen molar-refractivity contribution in [2.45, 2.75) is 13.5 Å². The second kappa shape index (κ2) is 10.9. The molecule has 0 aromatic heterocycles. The van der Waals surface area contributed by atoms with E-state index < -0.39 is 17.1 Å². The molecule has 1 saturated heterocycles. The van der Waals surface area contributed by atoms with Crippen molar-refractivity contribution in [1.82, 2.24) is 4.90 Å². The van der Waals surface area contributed by atoms with Crippen LogP contribution in [0.3, 0.4) is 0 Å². The number of thioether (sulfide) groups is 1. The number of carbonyl (C=O) groups excluding carboxylic acids is 3. The van der Waals surface area contributed by atoms with Crippen LogP contribution in [0.2, 0.25) is 0 Å². The smallest absolute Gasteiger partial charge is 0.294 e. The molecule has 0 radical (unpaired) electrons. The standard InChI is InChI=1S/C27H24N2O5S/c1-18-8-6-7-11-21(18)28-25(30)16-29-26(31)24(35-27(29)32)15-20-12-13-22(23(14-20)33-2)34-17-19-9-4-3-5-10-19/h3-15H,16-17H2,1-2H3,(H,28,30)/b24-15+. The van der Waals surface area contributed by atoms with Gasteiger partial charge >= 0.3 is 0 Å². The number of methoxy groups -OCH3 is 1. The van der Waals surface area contributed by atoms with E-state index in [1.54, 1.807) is 36.4 Å². The Balaban J connectivity index is 1.43. The maximum absolute atomic E-state index is 12.8. The minimum atomic E-state index is -0.511. The van der Waals surface area contributed by atoms with Crippen molar-refractivity contribution in [3.63, 3.8) is 0 Å².